The lowest BCUT2D eigenvalue weighted by Gasteiger charge is -2.39. The molecule has 0 spiro atoms. The number of nitrogens with one attached hydrogen (secondary N) is 1. The Hall–Kier alpha value is -2.40. The second-order valence-electron chi connectivity index (χ2n) is 9.65. The number of hydrogen-bond donors (Lipinski definition) is 1. The van der Waals surface area contributed by atoms with Gasteiger partial charge in [-0.15, -0.1) is 0 Å². The monoisotopic (exact) mass is 418 g/mol. The average molecular weight is 419 g/mol. The van der Waals surface area contributed by atoms with Crippen molar-refractivity contribution in [3.63, 3.8) is 0 Å². The Morgan fingerprint density at radius 3 is 2.42 bits per heavy atom. The number of hydrogen-bond acceptors (Lipinski definition) is 4. The smallest absolute Gasteiger partial charge is 0.231 e. The first-order valence-corrected chi connectivity index (χ1v) is 12.0. The van der Waals surface area contributed by atoms with Gasteiger partial charge in [-0.1, -0.05) is 25.0 Å². The Morgan fingerprint density at radius 1 is 1.00 bits per heavy atom. The molecule has 1 N–H and O–H groups in total. The van der Waals surface area contributed by atoms with Gasteiger partial charge in [0, 0.05) is 31.5 Å². The molecule has 0 unspecified atom stereocenters. The number of piperidine rings is 1. The molecular formula is C26H34N4O. The molecule has 2 aliphatic heterocycles. The molecule has 5 rings (SSSR count). The number of nitrogens with zero attached hydrogens (tertiary/aromatic N) is 3. The molecule has 31 heavy (non-hydrogen) atoms. The number of amides is 1. The molecule has 1 amide bonds. The van der Waals surface area contributed by atoms with Crippen LogP contribution in [0.4, 0.5) is 11.4 Å². The highest BCUT2D eigenvalue weighted by Crippen LogP contribution is 2.32. The van der Waals surface area contributed by atoms with Crippen molar-refractivity contribution in [1.82, 2.24) is 9.88 Å². The summed E-state index contributed by atoms with van der Waals surface area (Å²) in [4.78, 5) is 21.6. The van der Waals surface area contributed by atoms with Crippen LogP contribution in [0.2, 0.25) is 0 Å². The van der Waals surface area contributed by atoms with E-state index in [0.29, 0.717) is 5.92 Å². The molecule has 3 fully saturated rings. The highest BCUT2D eigenvalue weighted by atomic mass is 16.2. The summed E-state index contributed by atoms with van der Waals surface area (Å²) in [5.74, 6) is 1.77. The van der Waals surface area contributed by atoms with Gasteiger partial charge in [0.25, 0.3) is 0 Å². The molecular weight excluding hydrogens is 384 g/mol. The summed E-state index contributed by atoms with van der Waals surface area (Å²) in [6, 6.07) is 12.6. The van der Waals surface area contributed by atoms with E-state index >= 15 is 0 Å². The second-order valence-corrected chi connectivity index (χ2v) is 9.65. The van der Waals surface area contributed by atoms with Crippen molar-refractivity contribution in [2.75, 3.05) is 42.9 Å². The third-order valence-corrected chi connectivity index (χ3v) is 7.49. The summed E-state index contributed by atoms with van der Waals surface area (Å²) in [5.41, 5.74) is 3.42. The number of aromatic nitrogens is 1. The van der Waals surface area contributed by atoms with Crippen molar-refractivity contribution in [3.05, 3.63) is 54.4 Å². The fraction of sp³-hybridized carbons (Fsp3) is 0.538. The maximum Gasteiger partial charge on any atom is 0.231 e. The summed E-state index contributed by atoms with van der Waals surface area (Å²) in [6.07, 6.45) is 11.9. The van der Waals surface area contributed by atoms with Gasteiger partial charge in [0.15, 0.2) is 0 Å². The highest BCUT2D eigenvalue weighted by molar-refractivity contribution is 5.94. The van der Waals surface area contributed by atoms with E-state index in [1.807, 2.05) is 18.3 Å². The van der Waals surface area contributed by atoms with Gasteiger partial charge in [-0.25, -0.2) is 0 Å². The van der Waals surface area contributed by atoms with Crippen molar-refractivity contribution in [3.8, 4) is 0 Å². The lowest BCUT2D eigenvalue weighted by atomic mass is 9.89. The molecule has 5 heteroatoms. The number of benzene rings is 1. The van der Waals surface area contributed by atoms with Crippen molar-refractivity contribution in [2.45, 2.75) is 44.4 Å². The number of likely N-dealkylation sites (tertiary alicyclic amines) is 1. The van der Waals surface area contributed by atoms with Gasteiger partial charge in [-0.05, 0) is 80.4 Å². The van der Waals surface area contributed by atoms with Crippen molar-refractivity contribution in [2.24, 2.45) is 11.8 Å². The molecule has 2 saturated heterocycles. The third-order valence-electron chi connectivity index (χ3n) is 7.49. The lowest BCUT2D eigenvalue weighted by Crippen LogP contribution is -2.52. The number of pyridine rings is 1. The maximum atomic E-state index is 12.6. The van der Waals surface area contributed by atoms with Crippen LogP contribution in [0.3, 0.4) is 0 Å². The normalized spacial score (nSPS) is 21.2. The van der Waals surface area contributed by atoms with Crippen molar-refractivity contribution < 1.29 is 4.79 Å². The molecule has 2 aromatic rings. The second kappa shape index (κ2) is 9.39. The summed E-state index contributed by atoms with van der Waals surface area (Å²) in [6.45, 7) is 5.30. The standard InChI is InChI=1S/C26H34N4O/c31-26(23-18-30(19-23)25-6-3-13-27-16-25)28-24-9-7-21(8-10-24)22-11-14-29(15-12-22)17-20-4-1-2-5-20/h3,6-10,13,16,20,22-23H,1-2,4-5,11-12,14-15,17-19H2,(H,28,31). The van der Waals surface area contributed by atoms with Crippen LogP contribution in [0.15, 0.2) is 48.8 Å². The first-order chi connectivity index (χ1) is 15.2. The summed E-state index contributed by atoms with van der Waals surface area (Å²) in [5, 5.41) is 3.10. The zero-order chi connectivity index (χ0) is 21.0. The third kappa shape index (κ3) is 4.93. The first-order valence-electron chi connectivity index (χ1n) is 12.0. The maximum absolute atomic E-state index is 12.6. The molecule has 1 aromatic heterocycles. The quantitative estimate of drug-likeness (QED) is 0.749. The SMILES string of the molecule is O=C(Nc1ccc(C2CCN(CC3CCCC3)CC2)cc1)C1CN(c2cccnc2)C1. The molecule has 5 nitrogen and oxygen atoms in total. The predicted octanol–water partition coefficient (Wildman–Crippen LogP) is 4.53. The predicted molar refractivity (Wildman–Crippen MR) is 125 cm³/mol. The Morgan fingerprint density at radius 2 is 1.74 bits per heavy atom. The Bertz CT molecular complexity index is 849. The minimum Gasteiger partial charge on any atom is -0.369 e. The lowest BCUT2D eigenvalue weighted by molar-refractivity contribution is -0.120. The van der Waals surface area contributed by atoms with E-state index in [2.05, 4.69) is 44.4 Å². The van der Waals surface area contributed by atoms with E-state index in [1.165, 1.54) is 63.7 Å². The van der Waals surface area contributed by atoms with Crippen LogP contribution in [-0.4, -0.2) is 48.5 Å². The van der Waals surface area contributed by atoms with E-state index in [4.69, 9.17) is 0 Å². The van der Waals surface area contributed by atoms with Crippen molar-refractivity contribution in [1.29, 1.82) is 0 Å². The van der Waals surface area contributed by atoms with Gasteiger partial charge in [0.1, 0.15) is 0 Å². The highest BCUT2D eigenvalue weighted by Gasteiger charge is 2.33. The van der Waals surface area contributed by atoms with Gasteiger partial charge in [-0.2, -0.15) is 0 Å². The van der Waals surface area contributed by atoms with Crippen molar-refractivity contribution >= 4 is 17.3 Å². The van der Waals surface area contributed by atoms with Crippen LogP contribution in [-0.2, 0) is 4.79 Å². The zero-order valence-electron chi connectivity index (χ0n) is 18.4. The van der Waals surface area contributed by atoms with E-state index in [0.717, 1.165) is 30.4 Å². The molecule has 3 aliphatic rings. The van der Waals surface area contributed by atoms with Crippen LogP contribution >= 0.6 is 0 Å². The summed E-state index contributed by atoms with van der Waals surface area (Å²) >= 11 is 0. The van der Waals surface area contributed by atoms with Crippen LogP contribution in [0.25, 0.3) is 0 Å². The number of rotatable bonds is 6. The minimum absolute atomic E-state index is 0.0454. The molecule has 0 bridgehead atoms. The molecule has 0 atom stereocenters. The van der Waals surface area contributed by atoms with E-state index in [-0.39, 0.29) is 11.8 Å². The van der Waals surface area contributed by atoms with E-state index in [1.54, 1.807) is 6.20 Å². The van der Waals surface area contributed by atoms with Crippen LogP contribution in [0.5, 0.6) is 0 Å². The van der Waals surface area contributed by atoms with Crippen LogP contribution in [0, 0.1) is 11.8 Å². The number of carbonyl (C=O) groups is 1. The number of anilines is 2. The minimum atomic E-state index is 0.0454. The van der Waals surface area contributed by atoms with E-state index in [9.17, 15) is 4.79 Å². The topological polar surface area (TPSA) is 48.5 Å². The summed E-state index contributed by atoms with van der Waals surface area (Å²) in [7, 11) is 0. The number of carbonyl (C=O) groups excluding carboxylic acids is 1. The largest absolute Gasteiger partial charge is 0.369 e. The van der Waals surface area contributed by atoms with Gasteiger partial charge >= 0.3 is 0 Å². The summed E-state index contributed by atoms with van der Waals surface area (Å²) < 4.78 is 0. The van der Waals surface area contributed by atoms with Gasteiger partial charge < -0.3 is 15.1 Å². The Labute approximate surface area is 185 Å². The Kier molecular flexibility index (Phi) is 6.21. The van der Waals surface area contributed by atoms with Gasteiger partial charge in [0.05, 0.1) is 17.8 Å². The zero-order valence-corrected chi connectivity index (χ0v) is 18.4. The van der Waals surface area contributed by atoms with Gasteiger partial charge in [-0.3, -0.25) is 9.78 Å². The fourth-order valence-electron chi connectivity index (χ4n) is 5.49. The molecule has 164 valence electrons. The first kappa shape index (κ1) is 20.5. The van der Waals surface area contributed by atoms with E-state index < -0.39 is 0 Å². The molecule has 3 heterocycles. The van der Waals surface area contributed by atoms with Crippen LogP contribution < -0.4 is 10.2 Å². The molecule has 0 radical (unpaired) electrons. The molecule has 1 aliphatic carbocycles. The average Bonchev–Trinajstić information content (AvgIpc) is 3.28. The molecule has 1 saturated carbocycles. The fourth-order valence-corrected chi connectivity index (χ4v) is 5.49. The molecule has 1 aromatic carbocycles. The Balaban J connectivity index is 1.07. The van der Waals surface area contributed by atoms with Gasteiger partial charge in [0.2, 0.25) is 5.91 Å². The van der Waals surface area contributed by atoms with Crippen LogP contribution in [0.1, 0.15) is 50.0 Å².